The summed E-state index contributed by atoms with van der Waals surface area (Å²) in [6.45, 7) is 0. The lowest BCUT2D eigenvalue weighted by atomic mass is 10.0. The molecule has 0 unspecified atom stereocenters. The molecular formula is C50H30N2OS. The van der Waals surface area contributed by atoms with Gasteiger partial charge in [0.25, 0.3) is 0 Å². The van der Waals surface area contributed by atoms with Crippen molar-refractivity contribution in [3.8, 4) is 33.6 Å². The first-order valence-corrected chi connectivity index (χ1v) is 19.2. The zero-order valence-electron chi connectivity index (χ0n) is 29.0. The summed E-state index contributed by atoms with van der Waals surface area (Å²) < 4.78 is 13.8. The topological polar surface area (TPSA) is 23.0 Å². The largest absolute Gasteiger partial charge is 0.439 e. The molecule has 54 heavy (non-hydrogen) atoms. The fourth-order valence-electron chi connectivity index (χ4n) is 8.70. The number of nitrogens with zero attached hydrogens (tertiary/aromatic N) is 2. The number of fused-ring (bicyclic) bond motifs is 11. The van der Waals surface area contributed by atoms with Crippen LogP contribution in [0.1, 0.15) is 0 Å². The summed E-state index contributed by atoms with van der Waals surface area (Å²) in [7, 11) is 0. The number of aromatic nitrogens is 2. The molecule has 0 amide bonds. The van der Waals surface area contributed by atoms with Crippen LogP contribution in [0.4, 0.5) is 0 Å². The molecule has 0 bridgehead atoms. The van der Waals surface area contributed by atoms with Gasteiger partial charge in [-0.05, 0) is 89.0 Å². The maximum absolute atomic E-state index is 6.52. The average molecular weight is 707 g/mol. The molecule has 0 aliphatic rings. The molecule has 0 spiro atoms. The standard InChI is InChI=1S/C50H30N2OS/c1-2-11-34(12-3-1)52-45-27-23-32(29-42(45)48-40-15-5-8-19-46(40)53-50(48)52)31-21-25-35(26-22-31)51-43-18-7-4-13-37(43)41-30-33(24-28-44(41)51)36-16-10-17-39-38-14-6-9-20-47(38)54-49(36)39/h1-30H. The van der Waals surface area contributed by atoms with Gasteiger partial charge >= 0.3 is 0 Å². The van der Waals surface area contributed by atoms with E-state index in [9.17, 15) is 0 Å². The van der Waals surface area contributed by atoms with Gasteiger partial charge < -0.3 is 8.98 Å². The second-order valence-corrected chi connectivity index (χ2v) is 15.1. The van der Waals surface area contributed by atoms with E-state index >= 15 is 0 Å². The molecular weight excluding hydrogens is 677 g/mol. The molecule has 3 nitrogen and oxygen atoms in total. The minimum Gasteiger partial charge on any atom is -0.439 e. The van der Waals surface area contributed by atoms with E-state index < -0.39 is 0 Å². The van der Waals surface area contributed by atoms with Gasteiger partial charge in [0.2, 0.25) is 5.71 Å². The highest BCUT2D eigenvalue weighted by Gasteiger charge is 2.20. The minimum absolute atomic E-state index is 0.875. The summed E-state index contributed by atoms with van der Waals surface area (Å²) in [5, 5.41) is 8.64. The monoisotopic (exact) mass is 706 g/mol. The van der Waals surface area contributed by atoms with Crippen molar-refractivity contribution in [2.24, 2.45) is 0 Å². The predicted molar refractivity (Wildman–Crippen MR) is 229 cm³/mol. The summed E-state index contributed by atoms with van der Waals surface area (Å²) in [5.41, 5.74) is 12.4. The van der Waals surface area contributed by atoms with Crippen molar-refractivity contribution < 1.29 is 4.42 Å². The molecule has 4 heterocycles. The number of thiophene rings is 1. The summed E-state index contributed by atoms with van der Waals surface area (Å²) in [6, 6.07) is 65.9. The molecule has 4 aromatic heterocycles. The van der Waals surface area contributed by atoms with Gasteiger partial charge in [-0.3, -0.25) is 4.57 Å². The summed E-state index contributed by atoms with van der Waals surface area (Å²) in [6.07, 6.45) is 0. The second kappa shape index (κ2) is 11.3. The normalized spacial score (nSPS) is 12.1. The van der Waals surface area contributed by atoms with Gasteiger partial charge in [0.1, 0.15) is 5.58 Å². The molecule has 252 valence electrons. The Kier molecular flexibility index (Phi) is 6.21. The molecule has 0 radical (unpaired) electrons. The highest BCUT2D eigenvalue weighted by atomic mass is 32.1. The van der Waals surface area contributed by atoms with E-state index in [1.54, 1.807) is 0 Å². The Balaban J connectivity index is 0.986. The molecule has 0 saturated heterocycles. The lowest BCUT2D eigenvalue weighted by Crippen LogP contribution is -1.94. The summed E-state index contributed by atoms with van der Waals surface area (Å²) in [4.78, 5) is 0. The van der Waals surface area contributed by atoms with Gasteiger partial charge in [-0.25, -0.2) is 0 Å². The zero-order chi connectivity index (χ0) is 35.3. The Labute approximate surface area is 314 Å². The van der Waals surface area contributed by atoms with Crippen LogP contribution in [0.3, 0.4) is 0 Å². The van der Waals surface area contributed by atoms with E-state index in [0.29, 0.717) is 0 Å². The van der Waals surface area contributed by atoms with Gasteiger partial charge in [0.05, 0.1) is 21.9 Å². The molecule has 0 aliphatic heterocycles. The van der Waals surface area contributed by atoms with Crippen LogP contribution in [0.25, 0.3) is 109 Å². The fourth-order valence-corrected chi connectivity index (χ4v) is 9.94. The number of para-hydroxylation sites is 3. The van der Waals surface area contributed by atoms with Crippen molar-refractivity contribution in [1.29, 1.82) is 0 Å². The highest BCUT2D eigenvalue weighted by molar-refractivity contribution is 7.26. The number of furan rings is 1. The average Bonchev–Trinajstić information content (AvgIpc) is 3.98. The molecule has 0 saturated carbocycles. The number of rotatable bonds is 4. The third-order valence-corrected chi connectivity index (χ3v) is 12.4. The summed E-state index contributed by atoms with van der Waals surface area (Å²) in [5.74, 6) is 0. The first kappa shape index (κ1) is 29.7. The van der Waals surface area contributed by atoms with Crippen LogP contribution in [0.5, 0.6) is 0 Å². The SMILES string of the molecule is c1ccc(-n2c3ccc(-c4ccc(-n5c6ccccc6c6cc(-c7cccc8c7sc7ccccc78)ccc65)cc4)cc3c3c4ccccc4oc32)cc1. The van der Waals surface area contributed by atoms with Crippen LogP contribution < -0.4 is 0 Å². The number of benzene rings is 8. The van der Waals surface area contributed by atoms with Gasteiger partial charge in [-0.1, -0.05) is 115 Å². The molecule has 8 aromatic carbocycles. The Hall–Kier alpha value is -6.88. The Bertz CT molecular complexity index is 3430. The van der Waals surface area contributed by atoms with E-state index in [1.165, 1.54) is 69.6 Å². The van der Waals surface area contributed by atoms with Gasteiger partial charge in [0.15, 0.2) is 0 Å². The Morgan fingerprint density at radius 2 is 1.02 bits per heavy atom. The first-order valence-electron chi connectivity index (χ1n) is 18.3. The van der Waals surface area contributed by atoms with Gasteiger partial charge in [0, 0.05) is 53.1 Å². The maximum atomic E-state index is 6.52. The van der Waals surface area contributed by atoms with Crippen LogP contribution in [-0.4, -0.2) is 9.13 Å². The van der Waals surface area contributed by atoms with Crippen molar-refractivity contribution in [2.45, 2.75) is 0 Å². The third kappa shape index (κ3) is 4.23. The number of hydrogen-bond acceptors (Lipinski definition) is 2. The van der Waals surface area contributed by atoms with Crippen LogP contribution in [0, 0.1) is 0 Å². The molecule has 0 fully saturated rings. The smallest absolute Gasteiger partial charge is 0.213 e. The van der Waals surface area contributed by atoms with Crippen LogP contribution >= 0.6 is 11.3 Å². The van der Waals surface area contributed by atoms with E-state index in [4.69, 9.17) is 4.42 Å². The number of hydrogen-bond donors (Lipinski definition) is 0. The van der Waals surface area contributed by atoms with Crippen LogP contribution in [-0.2, 0) is 0 Å². The third-order valence-electron chi connectivity index (χ3n) is 11.1. The van der Waals surface area contributed by atoms with E-state index in [2.05, 4.69) is 185 Å². The molecule has 0 aliphatic carbocycles. The van der Waals surface area contributed by atoms with E-state index in [-0.39, 0.29) is 0 Å². The molecule has 4 heteroatoms. The fraction of sp³-hybridized carbons (Fsp3) is 0. The zero-order valence-corrected chi connectivity index (χ0v) is 29.8. The highest BCUT2D eigenvalue weighted by Crippen LogP contribution is 2.43. The minimum atomic E-state index is 0.875. The summed E-state index contributed by atoms with van der Waals surface area (Å²) >= 11 is 1.88. The molecule has 0 N–H and O–H groups in total. The van der Waals surface area contributed by atoms with Crippen molar-refractivity contribution in [2.75, 3.05) is 0 Å². The molecule has 0 atom stereocenters. The molecule has 12 rings (SSSR count). The first-order chi connectivity index (χ1) is 26.8. The predicted octanol–water partition coefficient (Wildman–Crippen LogP) is 14.3. The van der Waals surface area contributed by atoms with Crippen molar-refractivity contribution in [3.63, 3.8) is 0 Å². The lowest BCUT2D eigenvalue weighted by molar-refractivity contribution is 0.645. The lowest BCUT2D eigenvalue weighted by Gasteiger charge is -2.11. The molecule has 12 aromatic rings. The van der Waals surface area contributed by atoms with Crippen LogP contribution in [0.15, 0.2) is 186 Å². The van der Waals surface area contributed by atoms with Crippen molar-refractivity contribution in [3.05, 3.63) is 182 Å². The quantitative estimate of drug-likeness (QED) is 0.179. The van der Waals surface area contributed by atoms with Gasteiger partial charge in [-0.2, -0.15) is 0 Å². The van der Waals surface area contributed by atoms with E-state index in [0.717, 1.165) is 39.0 Å². The second-order valence-electron chi connectivity index (χ2n) is 14.1. The van der Waals surface area contributed by atoms with Gasteiger partial charge in [-0.15, -0.1) is 11.3 Å². The van der Waals surface area contributed by atoms with Crippen molar-refractivity contribution >= 4 is 86.3 Å². The van der Waals surface area contributed by atoms with Crippen molar-refractivity contribution in [1.82, 2.24) is 9.13 Å². The van der Waals surface area contributed by atoms with Crippen LogP contribution in [0.2, 0.25) is 0 Å². The maximum Gasteiger partial charge on any atom is 0.213 e. The Morgan fingerprint density at radius 3 is 1.89 bits per heavy atom. The Morgan fingerprint density at radius 1 is 0.389 bits per heavy atom. The van der Waals surface area contributed by atoms with E-state index in [1.807, 2.05) is 17.4 Å².